The van der Waals surface area contributed by atoms with E-state index in [1.165, 1.54) is 24.3 Å². The highest BCUT2D eigenvalue weighted by Crippen LogP contribution is 2.28. The molecule has 0 aromatic heterocycles. The average molecular weight is 316 g/mol. The minimum Gasteiger partial charge on any atom is -0.497 e. The molecule has 2 N–H and O–H groups in total. The SMILES string of the molecule is COc1ccc2c(c1)CC(NC(=O)Nc1ccc(F)cc1)CO2. The fraction of sp³-hybridized carbons (Fsp3) is 0.235. The average Bonchev–Trinajstić information content (AvgIpc) is 2.56. The summed E-state index contributed by atoms with van der Waals surface area (Å²) < 4.78 is 23.7. The zero-order valence-electron chi connectivity index (χ0n) is 12.6. The summed E-state index contributed by atoms with van der Waals surface area (Å²) in [6.45, 7) is 0.399. The Labute approximate surface area is 133 Å². The van der Waals surface area contributed by atoms with Crippen molar-refractivity contribution in [1.29, 1.82) is 0 Å². The Balaban J connectivity index is 1.60. The number of halogens is 1. The number of anilines is 1. The number of carbonyl (C=O) groups is 1. The standard InChI is InChI=1S/C17H17FN2O3/c1-22-15-6-7-16-11(9-15)8-14(10-23-16)20-17(21)19-13-4-2-12(18)3-5-13/h2-7,9,14H,8,10H2,1H3,(H2,19,20,21). The first-order valence-corrected chi connectivity index (χ1v) is 7.27. The predicted molar refractivity (Wildman–Crippen MR) is 84.5 cm³/mol. The van der Waals surface area contributed by atoms with Crippen molar-refractivity contribution in [3.8, 4) is 11.5 Å². The van der Waals surface area contributed by atoms with E-state index in [4.69, 9.17) is 9.47 Å². The van der Waals surface area contributed by atoms with Crippen LogP contribution in [0.4, 0.5) is 14.9 Å². The molecule has 1 aliphatic heterocycles. The largest absolute Gasteiger partial charge is 0.497 e. The summed E-state index contributed by atoms with van der Waals surface area (Å²) in [5.74, 6) is 1.22. The van der Waals surface area contributed by atoms with Gasteiger partial charge in [0.15, 0.2) is 0 Å². The summed E-state index contributed by atoms with van der Waals surface area (Å²) in [4.78, 5) is 12.0. The van der Waals surface area contributed by atoms with Crippen molar-refractivity contribution >= 4 is 11.7 Å². The molecule has 1 heterocycles. The number of benzene rings is 2. The lowest BCUT2D eigenvalue weighted by Crippen LogP contribution is -2.44. The number of hydrogen-bond acceptors (Lipinski definition) is 3. The second-order valence-corrected chi connectivity index (χ2v) is 5.29. The van der Waals surface area contributed by atoms with E-state index >= 15 is 0 Å². The third-order valence-corrected chi connectivity index (χ3v) is 3.61. The maximum absolute atomic E-state index is 12.8. The van der Waals surface area contributed by atoms with Crippen LogP contribution in [0.1, 0.15) is 5.56 Å². The van der Waals surface area contributed by atoms with Gasteiger partial charge in [-0.3, -0.25) is 0 Å². The minimum absolute atomic E-state index is 0.143. The van der Waals surface area contributed by atoms with E-state index in [2.05, 4.69) is 10.6 Å². The topological polar surface area (TPSA) is 59.6 Å². The van der Waals surface area contributed by atoms with Gasteiger partial charge < -0.3 is 20.1 Å². The number of hydrogen-bond donors (Lipinski definition) is 2. The molecule has 2 aromatic carbocycles. The van der Waals surface area contributed by atoms with Gasteiger partial charge in [0.2, 0.25) is 0 Å². The molecular weight excluding hydrogens is 299 g/mol. The van der Waals surface area contributed by atoms with Gasteiger partial charge >= 0.3 is 6.03 Å². The molecule has 1 aliphatic rings. The number of ether oxygens (including phenoxy) is 2. The van der Waals surface area contributed by atoms with Gasteiger partial charge in [-0.1, -0.05) is 0 Å². The summed E-state index contributed by atoms with van der Waals surface area (Å²) >= 11 is 0. The second kappa shape index (κ2) is 6.56. The third-order valence-electron chi connectivity index (χ3n) is 3.61. The van der Waals surface area contributed by atoms with E-state index in [1.807, 2.05) is 18.2 Å². The van der Waals surface area contributed by atoms with Gasteiger partial charge in [-0.05, 0) is 54.4 Å². The lowest BCUT2D eigenvalue weighted by Gasteiger charge is -2.26. The molecule has 23 heavy (non-hydrogen) atoms. The van der Waals surface area contributed by atoms with Crippen molar-refractivity contribution < 1.29 is 18.7 Å². The Morgan fingerprint density at radius 3 is 2.78 bits per heavy atom. The second-order valence-electron chi connectivity index (χ2n) is 5.29. The smallest absolute Gasteiger partial charge is 0.319 e. The molecule has 0 fully saturated rings. The van der Waals surface area contributed by atoms with E-state index in [0.717, 1.165) is 17.1 Å². The normalized spacial score (nSPS) is 16.0. The molecule has 0 spiro atoms. The van der Waals surface area contributed by atoms with Gasteiger partial charge in [-0.25, -0.2) is 9.18 Å². The molecule has 5 nitrogen and oxygen atoms in total. The fourth-order valence-electron chi connectivity index (χ4n) is 2.48. The number of methoxy groups -OCH3 is 1. The zero-order valence-corrected chi connectivity index (χ0v) is 12.6. The van der Waals surface area contributed by atoms with Crippen LogP contribution in [0.5, 0.6) is 11.5 Å². The van der Waals surface area contributed by atoms with Crippen LogP contribution in [0.2, 0.25) is 0 Å². The predicted octanol–water partition coefficient (Wildman–Crippen LogP) is 2.96. The lowest BCUT2D eigenvalue weighted by molar-refractivity contribution is 0.222. The van der Waals surface area contributed by atoms with Gasteiger partial charge in [0.25, 0.3) is 0 Å². The van der Waals surface area contributed by atoms with Crippen molar-refractivity contribution in [1.82, 2.24) is 5.32 Å². The number of fused-ring (bicyclic) bond motifs is 1. The first kappa shape index (κ1) is 15.1. The Hall–Kier alpha value is -2.76. The fourth-order valence-corrected chi connectivity index (χ4v) is 2.48. The van der Waals surface area contributed by atoms with Crippen LogP contribution in [0, 0.1) is 5.82 Å². The van der Waals surface area contributed by atoms with Crippen LogP contribution >= 0.6 is 0 Å². The quantitative estimate of drug-likeness (QED) is 0.915. The highest BCUT2D eigenvalue weighted by Gasteiger charge is 2.22. The highest BCUT2D eigenvalue weighted by atomic mass is 19.1. The van der Waals surface area contributed by atoms with Crippen LogP contribution < -0.4 is 20.1 Å². The summed E-state index contributed by atoms with van der Waals surface area (Å²) in [6.07, 6.45) is 0.656. The lowest BCUT2D eigenvalue weighted by atomic mass is 10.0. The number of nitrogens with one attached hydrogen (secondary N) is 2. The van der Waals surface area contributed by atoms with E-state index < -0.39 is 0 Å². The molecule has 1 unspecified atom stereocenters. The monoisotopic (exact) mass is 316 g/mol. The van der Waals surface area contributed by atoms with Gasteiger partial charge in [0.1, 0.15) is 23.9 Å². The Kier molecular flexibility index (Phi) is 4.32. The maximum Gasteiger partial charge on any atom is 0.319 e. The molecule has 6 heteroatoms. The first-order valence-electron chi connectivity index (χ1n) is 7.27. The number of urea groups is 1. The van der Waals surface area contributed by atoms with Crippen LogP contribution in [0.3, 0.4) is 0 Å². The van der Waals surface area contributed by atoms with E-state index in [1.54, 1.807) is 7.11 Å². The molecule has 0 bridgehead atoms. The van der Waals surface area contributed by atoms with Crippen molar-refractivity contribution in [2.45, 2.75) is 12.5 Å². The molecule has 0 radical (unpaired) electrons. The first-order chi connectivity index (χ1) is 11.1. The summed E-state index contributed by atoms with van der Waals surface area (Å²) in [5.41, 5.74) is 1.52. The van der Waals surface area contributed by atoms with E-state index in [0.29, 0.717) is 18.7 Å². The van der Waals surface area contributed by atoms with E-state index in [9.17, 15) is 9.18 Å². The number of carbonyl (C=O) groups excluding carboxylic acids is 1. The zero-order chi connectivity index (χ0) is 16.2. The van der Waals surface area contributed by atoms with Gasteiger partial charge in [-0.2, -0.15) is 0 Å². The van der Waals surface area contributed by atoms with Crippen LogP contribution in [-0.4, -0.2) is 25.8 Å². The van der Waals surface area contributed by atoms with Crippen molar-refractivity contribution in [3.63, 3.8) is 0 Å². The summed E-state index contributed by atoms with van der Waals surface area (Å²) in [7, 11) is 1.61. The molecule has 0 saturated heterocycles. The number of amides is 2. The molecule has 0 aliphatic carbocycles. The van der Waals surface area contributed by atoms with Crippen molar-refractivity contribution in [2.75, 3.05) is 19.0 Å². The molecule has 2 aromatic rings. The summed E-state index contributed by atoms with van der Waals surface area (Å²) in [6, 6.07) is 10.7. The van der Waals surface area contributed by atoms with E-state index in [-0.39, 0.29) is 17.9 Å². The van der Waals surface area contributed by atoms with Crippen molar-refractivity contribution in [3.05, 3.63) is 53.8 Å². The Morgan fingerprint density at radius 2 is 2.04 bits per heavy atom. The van der Waals surface area contributed by atoms with Crippen LogP contribution in [0.25, 0.3) is 0 Å². The molecule has 120 valence electrons. The Morgan fingerprint density at radius 1 is 1.26 bits per heavy atom. The van der Waals surface area contributed by atoms with Gasteiger partial charge in [-0.15, -0.1) is 0 Å². The molecule has 0 saturated carbocycles. The minimum atomic E-state index is -0.350. The van der Waals surface area contributed by atoms with Gasteiger partial charge in [0.05, 0.1) is 13.2 Å². The Bertz CT molecular complexity index is 703. The molecule has 1 atom stereocenters. The maximum atomic E-state index is 12.8. The van der Waals surface area contributed by atoms with Crippen LogP contribution in [-0.2, 0) is 6.42 Å². The van der Waals surface area contributed by atoms with Gasteiger partial charge in [0, 0.05) is 5.69 Å². The molecule has 3 rings (SSSR count). The van der Waals surface area contributed by atoms with Crippen LogP contribution in [0.15, 0.2) is 42.5 Å². The number of rotatable bonds is 3. The highest BCUT2D eigenvalue weighted by molar-refractivity contribution is 5.89. The molecular formula is C17H17FN2O3. The van der Waals surface area contributed by atoms with Crippen molar-refractivity contribution in [2.24, 2.45) is 0 Å². The summed E-state index contributed by atoms with van der Waals surface area (Å²) in [5, 5.41) is 5.52. The molecule has 2 amide bonds. The third kappa shape index (κ3) is 3.71.